The smallest absolute Gasteiger partial charge is 0.260 e. The Hall–Kier alpha value is -2.66. The molecule has 26 heavy (non-hydrogen) atoms. The number of amides is 1. The first-order valence-corrected chi connectivity index (χ1v) is 8.66. The first-order chi connectivity index (χ1) is 12.5. The number of nitrogens with one attached hydrogen (secondary N) is 1. The van der Waals surface area contributed by atoms with E-state index in [1.54, 1.807) is 31.3 Å². The third-order valence-corrected chi connectivity index (χ3v) is 4.28. The molecule has 0 fully saturated rings. The van der Waals surface area contributed by atoms with Crippen LogP contribution in [-0.2, 0) is 4.79 Å². The van der Waals surface area contributed by atoms with Gasteiger partial charge in [-0.15, -0.1) is 0 Å². The third-order valence-electron chi connectivity index (χ3n) is 3.97. The highest BCUT2D eigenvalue weighted by molar-refractivity contribution is 6.33. The third kappa shape index (κ3) is 3.78. The van der Waals surface area contributed by atoms with Crippen LogP contribution in [0.2, 0.25) is 5.02 Å². The molecule has 1 atom stereocenters. The molecular formula is C20H18ClFN2O2. The number of rotatable bonds is 5. The zero-order chi connectivity index (χ0) is 18.7. The summed E-state index contributed by atoms with van der Waals surface area (Å²) in [5.41, 5.74) is 2.27. The fraction of sp³-hybridized carbons (Fsp3) is 0.200. The van der Waals surface area contributed by atoms with E-state index in [0.717, 1.165) is 16.5 Å². The monoisotopic (exact) mass is 372 g/mol. The number of hydrogen-bond donors (Lipinski definition) is 1. The summed E-state index contributed by atoms with van der Waals surface area (Å²) in [5.74, 6) is -0.00866. The molecule has 0 unspecified atom stereocenters. The summed E-state index contributed by atoms with van der Waals surface area (Å²) >= 11 is 6.20. The molecule has 0 bridgehead atoms. The average Bonchev–Trinajstić information content (AvgIpc) is 2.61. The fourth-order valence-corrected chi connectivity index (χ4v) is 2.99. The van der Waals surface area contributed by atoms with Gasteiger partial charge in [0.25, 0.3) is 5.91 Å². The predicted octanol–water partition coefficient (Wildman–Crippen LogP) is 4.60. The van der Waals surface area contributed by atoms with Gasteiger partial charge in [-0.05, 0) is 55.8 Å². The molecule has 1 aromatic heterocycles. The molecule has 0 aliphatic rings. The maximum atomic E-state index is 13.3. The van der Waals surface area contributed by atoms with Crippen molar-refractivity contribution >= 4 is 28.4 Å². The van der Waals surface area contributed by atoms with Gasteiger partial charge in [0.15, 0.2) is 6.10 Å². The molecule has 3 rings (SSSR count). The van der Waals surface area contributed by atoms with Gasteiger partial charge in [0.1, 0.15) is 11.6 Å². The van der Waals surface area contributed by atoms with E-state index in [1.165, 1.54) is 12.1 Å². The van der Waals surface area contributed by atoms with Gasteiger partial charge in [-0.1, -0.05) is 11.6 Å². The van der Waals surface area contributed by atoms with Crippen molar-refractivity contribution in [3.63, 3.8) is 0 Å². The minimum atomic E-state index is -0.609. The standard InChI is InChI=1S/C20H18ClFN2O2/c1-3-23-20(25)12(2)26-14-5-7-17-15(8-9-24-19(17)11-14)16-6-4-13(22)10-18(16)21/h4-12H,3H2,1-2H3,(H,23,25)/t12-/m1/s1. The van der Waals surface area contributed by atoms with Crippen LogP contribution in [0.3, 0.4) is 0 Å². The van der Waals surface area contributed by atoms with Gasteiger partial charge >= 0.3 is 0 Å². The predicted molar refractivity (Wildman–Crippen MR) is 101 cm³/mol. The normalized spacial score (nSPS) is 12.0. The fourth-order valence-electron chi connectivity index (χ4n) is 2.72. The number of halogens is 2. The second kappa shape index (κ2) is 7.70. The van der Waals surface area contributed by atoms with Crippen LogP contribution >= 0.6 is 11.6 Å². The maximum absolute atomic E-state index is 13.3. The number of aromatic nitrogens is 1. The zero-order valence-corrected chi connectivity index (χ0v) is 15.2. The first-order valence-electron chi connectivity index (χ1n) is 8.28. The Labute approximate surface area is 156 Å². The lowest BCUT2D eigenvalue weighted by atomic mass is 10.0. The molecule has 0 aliphatic heterocycles. The molecule has 3 aromatic rings. The Morgan fingerprint density at radius 1 is 1.23 bits per heavy atom. The highest BCUT2D eigenvalue weighted by Gasteiger charge is 2.15. The van der Waals surface area contributed by atoms with E-state index in [0.29, 0.717) is 22.8 Å². The van der Waals surface area contributed by atoms with E-state index < -0.39 is 6.10 Å². The Morgan fingerprint density at radius 2 is 2.04 bits per heavy atom. The molecule has 134 valence electrons. The van der Waals surface area contributed by atoms with Crippen LogP contribution in [0.15, 0.2) is 48.7 Å². The van der Waals surface area contributed by atoms with Crippen LogP contribution in [0.1, 0.15) is 13.8 Å². The van der Waals surface area contributed by atoms with Crippen molar-refractivity contribution in [1.82, 2.24) is 10.3 Å². The summed E-state index contributed by atoms with van der Waals surface area (Å²) in [6.45, 7) is 4.09. The summed E-state index contributed by atoms with van der Waals surface area (Å²) < 4.78 is 19.0. The lowest BCUT2D eigenvalue weighted by Gasteiger charge is -2.15. The SMILES string of the molecule is CCNC(=O)[C@@H](C)Oc1ccc2c(-c3ccc(F)cc3Cl)ccnc2c1. The number of likely N-dealkylation sites (N-methyl/N-ethyl adjacent to an activating group) is 1. The highest BCUT2D eigenvalue weighted by atomic mass is 35.5. The Morgan fingerprint density at radius 3 is 2.77 bits per heavy atom. The van der Waals surface area contributed by atoms with Crippen molar-refractivity contribution in [2.75, 3.05) is 6.54 Å². The number of carbonyl (C=O) groups excluding carboxylic acids is 1. The summed E-state index contributed by atoms with van der Waals surface area (Å²) in [6.07, 6.45) is 1.05. The van der Waals surface area contributed by atoms with Gasteiger partial charge in [-0.2, -0.15) is 0 Å². The molecule has 1 heterocycles. The van der Waals surface area contributed by atoms with E-state index in [2.05, 4.69) is 10.3 Å². The van der Waals surface area contributed by atoms with Gasteiger partial charge < -0.3 is 10.1 Å². The number of benzene rings is 2. The van der Waals surface area contributed by atoms with Crippen molar-refractivity contribution in [2.45, 2.75) is 20.0 Å². The molecule has 0 spiro atoms. The number of ether oxygens (including phenoxy) is 1. The van der Waals surface area contributed by atoms with Crippen molar-refractivity contribution in [2.24, 2.45) is 0 Å². The second-order valence-corrected chi connectivity index (χ2v) is 6.22. The summed E-state index contributed by atoms with van der Waals surface area (Å²) in [4.78, 5) is 16.2. The zero-order valence-electron chi connectivity index (χ0n) is 14.4. The molecule has 2 aromatic carbocycles. The molecule has 0 radical (unpaired) electrons. The molecule has 0 saturated heterocycles. The van der Waals surface area contributed by atoms with Crippen LogP contribution < -0.4 is 10.1 Å². The summed E-state index contributed by atoms with van der Waals surface area (Å²) in [7, 11) is 0. The minimum absolute atomic E-state index is 0.174. The minimum Gasteiger partial charge on any atom is -0.481 e. The van der Waals surface area contributed by atoms with Crippen LogP contribution in [0.5, 0.6) is 5.75 Å². The van der Waals surface area contributed by atoms with Gasteiger partial charge in [0.05, 0.1) is 10.5 Å². The molecular weight excluding hydrogens is 355 g/mol. The Kier molecular flexibility index (Phi) is 5.38. The summed E-state index contributed by atoms with van der Waals surface area (Å²) in [6, 6.07) is 11.5. The van der Waals surface area contributed by atoms with Crippen molar-refractivity contribution < 1.29 is 13.9 Å². The molecule has 0 saturated carbocycles. The quantitative estimate of drug-likeness (QED) is 0.712. The number of carbonyl (C=O) groups is 1. The van der Waals surface area contributed by atoms with Gasteiger partial charge in [-0.25, -0.2) is 4.39 Å². The Balaban J connectivity index is 1.96. The topological polar surface area (TPSA) is 51.2 Å². The lowest BCUT2D eigenvalue weighted by Crippen LogP contribution is -2.36. The van der Waals surface area contributed by atoms with Crippen LogP contribution in [0, 0.1) is 5.82 Å². The van der Waals surface area contributed by atoms with E-state index in [9.17, 15) is 9.18 Å². The van der Waals surface area contributed by atoms with E-state index >= 15 is 0 Å². The number of fused-ring (bicyclic) bond motifs is 1. The largest absolute Gasteiger partial charge is 0.481 e. The van der Waals surface area contributed by atoms with Gasteiger partial charge in [0, 0.05) is 29.8 Å². The lowest BCUT2D eigenvalue weighted by molar-refractivity contribution is -0.127. The highest BCUT2D eigenvalue weighted by Crippen LogP contribution is 2.34. The second-order valence-electron chi connectivity index (χ2n) is 5.82. The van der Waals surface area contributed by atoms with Crippen molar-refractivity contribution in [3.05, 3.63) is 59.5 Å². The summed E-state index contributed by atoms with van der Waals surface area (Å²) in [5, 5.41) is 3.92. The number of hydrogen-bond acceptors (Lipinski definition) is 3. The molecule has 6 heteroatoms. The maximum Gasteiger partial charge on any atom is 0.260 e. The van der Waals surface area contributed by atoms with Gasteiger partial charge in [-0.3, -0.25) is 9.78 Å². The van der Waals surface area contributed by atoms with Crippen LogP contribution in [-0.4, -0.2) is 23.5 Å². The molecule has 1 N–H and O–H groups in total. The first kappa shape index (κ1) is 18.1. The van der Waals surface area contributed by atoms with Crippen LogP contribution in [0.25, 0.3) is 22.0 Å². The van der Waals surface area contributed by atoms with E-state index in [4.69, 9.17) is 16.3 Å². The van der Waals surface area contributed by atoms with Gasteiger partial charge in [0.2, 0.25) is 0 Å². The van der Waals surface area contributed by atoms with Crippen molar-refractivity contribution in [1.29, 1.82) is 0 Å². The van der Waals surface area contributed by atoms with E-state index in [-0.39, 0.29) is 11.7 Å². The van der Waals surface area contributed by atoms with E-state index in [1.807, 2.05) is 19.1 Å². The molecule has 4 nitrogen and oxygen atoms in total. The number of nitrogens with zero attached hydrogens (tertiary/aromatic N) is 1. The van der Waals surface area contributed by atoms with Crippen molar-refractivity contribution in [3.8, 4) is 16.9 Å². The average molecular weight is 373 g/mol. The molecule has 1 amide bonds. The number of pyridine rings is 1. The van der Waals surface area contributed by atoms with Crippen LogP contribution in [0.4, 0.5) is 4.39 Å². The Bertz CT molecular complexity index is 962. The molecule has 0 aliphatic carbocycles.